The van der Waals surface area contributed by atoms with Crippen molar-refractivity contribution in [1.82, 2.24) is 15.2 Å². The van der Waals surface area contributed by atoms with E-state index in [9.17, 15) is 9.59 Å². The quantitative estimate of drug-likeness (QED) is 0.893. The van der Waals surface area contributed by atoms with E-state index in [0.717, 1.165) is 12.1 Å². The van der Waals surface area contributed by atoms with Crippen LogP contribution in [0, 0.1) is 0 Å². The summed E-state index contributed by atoms with van der Waals surface area (Å²) >= 11 is 0. The van der Waals surface area contributed by atoms with Gasteiger partial charge in [0.2, 0.25) is 5.91 Å². The Kier molecular flexibility index (Phi) is 3.73. The van der Waals surface area contributed by atoms with Gasteiger partial charge in [0.05, 0.1) is 0 Å². The molecule has 0 aliphatic carbocycles. The Hall–Kier alpha value is -2.56. The second-order valence-electron chi connectivity index (χ2n) is 5.15. The summed E-state index contributed by atoms with van der Waals surface area (Å²) in [5, 5.41) is 5.69. The first-order valence-corrected chi connectivity index (χ1v) is 7.03. The molecular formula is C16H17N3O2. The Labute approximate surface area is 123 Å². The highest BCUT2D eigenvalue weighted by Crippen LogP contribution is 2.10. The summed E-state index contributed by atoms with van der Waals surface area (Å²) in [4.78, 5) is 23.1. The maximum atomic E-state index is 12.1. The van der Waals surface area contributed by atoms with Crippen LogP contribution in [-0.2, 0) is 4.79 Å². The predicted molar refractivity (Wildman–Crippen MR) is 79.3 cm³/mol. The van der Waals surface area contributed by atoms with E-state index in [1.165, 1.54) is 0 Å². The summed E-state index contributed by atoms with van der Waals surface area (Å²) in [6.45, 7) is 0.476. The SMILES string of the molecule is O=C1CCC(CNC(=O)c2ccc(-n3cccc3)cc2)N1. The van der Waals surface area contributed by atoms with Gasteiger partial charge in [0.15, 0.2) is 0 Å². The summed E-state index contributed by atoms with van der Waals surface area (Å²) in [5.74, 6) is -0.0551. The van der Waals surface area contributed by atoms with Crippen LogP contribution in [0.5, 0.6) is 0 Å². The van der Waals surface area contributed by atoms with Gasteiger partial charge in [-0.15, -0.1) is 0 Å². The van der Waals surface area contributed by atoms with Crippen LogP contribution in [0.3, 0.4) is 0 Å². The van der Waals surface area contributed by atoms with Gasteiger partial charge in [-0.25, -0.2) is 0 Å². The lowest BCUT2D eigenvalue weighted by molar-refractivity contribution is -0.119. The molecule has 5 heteroatoms. The third kappa shape index (κ3) is 3.13. The molecule has 1 aromatic carbocycles. The zero-order valence-corrected chi connectivity index (χ0v) is 11.6. The Morgan fingerprint density at radius 3 is 2.57 bits per heavy atom. The summed E-state index contributed by atoms with van der Waals surface area (Å²) in [5.41, 5.74) is 1.63. The lowest BCUT2D eigenvalue weighted by atomic mass is 10.1. The zero-order valence-electron chi connectivity index (χ0n) is 11.6. The van der Waals surface area contributed by atoms with Crippen LogP contribution in [0.25, 0.3) is 5.69 Å². The molecule has 1 aliphatic rings. The van der Waals surface area contributed by atoms with Crippen LogP contribution in [0.15, 0.2) is 48.8 Å². The second-order valence-corrected chi connectivity index (χ2v) is 5.15. The first-order chi connectivity index (χ1) is 10.2. The Morgan fingerprint density at radius 1 is 1.24 bits per heavy atom. The summed E-state index contributed by atoms with van der Waals surface area (Å²) < 4.78 is 1.98. The molecule has 2 amide bonds. The van der Waals surface area contributed by atoms with E-state index in [2.05, 4.69) is 10.6 Å². The van der Waals surface area contributed by atoms with Gasteiger partial charge < -0.3 is 15.2 Å². The molecule has 21 heavy (non-hydrogen) atoms. The molecule has 1 fully saturated rings. The molecule has 5 nitrogen and oxygen atoms in total. The molecule has 1 saturated heterocycles. The minimum atomic E-state index is -0.116. The first kappa shape index (κ1) is 13.4. The molecule has 1 aliphatic heterocycles. The molecule has 1 aromatic heterocycles. The molecule has 0 saturated carbocycles. The zero-order chi connectivity index (χ0) is 14.7. The fraction of sp³-hybridized carbons (Fsp3) is 0.250. The second kappa shape index (κ2) is 5.83. The van der Waals surface area contributed by atoms with E-state index in [4.69, 9.17) is 0 Å². The summed E-state index contributed by atoms with van der Waals surface area (Å²) in [7, 11) is 0. The van der Waals surface area contributed by atoms with E-state index in [0.29, 0.717) is 18.5 Å². The monoisotopic (exact) mass is 283 g/mol. The van der Waals surface area contributed by atoms with Crippen molar-refractivity contribution in [3.8, 4) is 5.69 Å². The number of hydrogen-bond donors (Lipinski definition) is 2. The van der Waals surface area contributed by atoms with Crippen LogP contribution in [0.2, 0.25) is 0 Å². The Balaban J connectivity index is 1.58. The van der Waals surface area contributed by atoms with E-state index in [1.807, 2.05) is 41.2 Å². The third-order valence-electron chi connectivity index (χ3n) is 3.63. The van der Waals surface area contributed by atoms with Gasteiger partial charge in [0.25, 0.3) is 5.91 Å². The molecule has 2 aromatic rings. The molecule has 0 spiro atoms. The third-order valence-corrected chi connectivity index (χ3v) is 3.63. The van der Waals surface area contributed by atoms with E-state index < -0.39 is 0 Å². The van der Waals surface area contributed by atoms with Gasteiger partial charge in [0.1, 0.15) is 0 Å². The van der Waals surface area contributed by atoms with Crippen LogP contribution in [-0.4, -0.2) is 29.0 Å². The van der Waals surface area contributed by atoms with Crippen molar-refractivity contribution >= 4 is 11.8 Å². The van der Waals surface area contributed by atoms with Crippen LogP contribution < -0.4 is 10.6 Å². The van der Waals surface area contributed by atoms with Gasteiger partial charge in [-0.3, -0.25) is 9.59 Å². The number of amides is 2. The highest BCUT2D eigenvalue weighted by molar-refractivity contribution is 5.94. The standard InChI is InChI=1S/C16H17N3O2/c20-15-8-5-13(18-15)11-17-16(21)12-3-6-14(7-4-12)19-9-1-2-10-19/h1-4,6-7,9-10,13H,5,8,11H2,(H,17,21)(H,18,20). The lowest BCUT2D eigenvalue weighted by Crippen LogP contribution is -2.38. The molecule has 2 heterocycles. The van der Waals surface area contributed by atoms with Crippen molar-refractivity contribution in [1.29, 1.82) is 0 Å². The number of nitrogens with one attached hydrogen (secondary N) is 2. The topological polar surface area (TPSA) is 63.1 Å². The first-order valence-electron chi connectivity index (χ1n) is 7.03. The highest BCUT2D eigenvalue weighted by atomic mass is 16.2. The maximum Gasteiger partial charge on any atom is 0.251 e. The average molecular weight is 283 g/mol. The number of hydrogen-bond acceptors (Lipinski definition) is 2. The van der Waals surface area contributed by atoms with Crippen molar-refractivity contribution < 1.29 is 9.59 Å². The Bertz CT molecular complexity index is 632. The van der Waals surface area contributed by atoms with Crippen molar-refractivity contribution in [2.75, 3.05) is 6.54 Å². The van der Waals surface area contributed by atoms with Crippen molar-refractivity contribution in [3.63, 3.8) is 0 Å². The van der Waals surface area contributed by atoms with Crippen LogP contribution in [0.4, 0.5) is 0 Å². The number of carbonyl (C=O) groups is 2. The van der Waals surface area contributed by atoms with Crippen LogP contribution >= 0.6 is 0 Å². The van der Waals surface area contributed by atoms with Gasteiger partial charge in [0, 0.05) is 42.7 Å². The summed E-state index contributed by atoms with van der Waals surface area (Å²) in [6, 6.07) is 11.4. The van der Waals surface area contributed by atoms with E-state index >= 15 is 0 Å². The molecule has 108 valence electrons. The maximum absolute atomic E-state index is 12.1. The molecule has 3 rings (SSSR count). The minimum Gasteiger partial charge on any atom is -0.352 e. The molecule has 1 atom stereocenters. The van der Waals surface area contributed by atoms with Gasteiger partial charge in [-0.2, -0.15) is 0 Å². The van der Waals surface area contributed by atoms with Crippen molar-refractivity contribution in [2.24, 2.45) is 0 Å². The molecule has 0 bridgehead atoms. The largest absolute Gasteiger partial charge is 0.352 e. The molecule has 1 unspecified atom stereocenters. The highest BCUT2D eigenvalue weighted by Gasteiger charge is 2.21. The van der Waals surface area contributed by atoms with Crippen molar-refractivity contribution in [2.45, 2.75) is 18.9 Å². The Morgan fingerprint density at radius 2 is 1.95 bits per heavy atom. The fourth-order valence-electron chi connectivity index (χ4n) is 2.44. The fourth-order valence-corrected chi connectivity index (χ4v) is 2.44. The van der Waals surface area contributed by atoms with E-state index in [1.54, 1.807) is 12.1 Å². The average Bonchev–Trinajstić information content (AvgIpc) is 3.16. The molecule has 2 N–H and O–H groups in total. The normalized spacial score (nSPS) is 17.5. The molecular weight excluding hydrogens is 266 g/mol. The predicted octanol–water partition coefficient (Wildman–Crippen LogP) is 1.49. The smallest absolute Gasteiger partial charge is 0.251 e. The van der Waals surface area contributed by atoms with Crippen LogP contribution in [0.1, 0.15) is 23.2 Å². The molecule has 0 radical (unpaired) electrons. The van der Waals surface area contributed by atoms with Gasteiger partial charge in [-0.1, -0.05) is 0 Å². The summed E-state index contributed by atoms with van der Waals surface area (Å²) in [6.07, 6.45) is 5.24. The number of benzene rings is 1. The number of carbonyl (C=O) groups excluding carboxylic acids is 2. The number of nitrogens with zero attached hydrogens (tertiary/aromatic N) is 1. The number of aromatic nitrogens is 1. The minimum absolute atomic E-state index is 0.0561. The van der Waals surface area contributed by atoms with Gasteiger partial charge in [-0.05, 0) is 42.8 Å². The van der Waals surface area contributed by atoms with Crippen molar-refractivity contribution in [3.05, 3.63) is 54.4 Å². The van der Waals surface area contributed by atoms with Gasteiger partial charge >= 0.3 is 0 Å². The van der Waals surface area contributed by atoms with E-state index in [-0.39, 0.29) is 17.9 Å². The lowest BCUT2D eigenvalue weighted by Gasteiger charge is -2.11. The number of rotatable bonds is 4.